The van der Waals surface area contributed by atoms with Gasteiger partial charge in [-0.2, -0.15) is 0 Å². The molecule has 0 N–H and O–H groups in total. The molecule has 1 atom stereocenters. The molecule has 0 aromatic rings. The monoisotopic (exact) mass is 643 g/mol. The highest BCUT2D eigenvalue weighted by atomic mass is 35.5. The van der Waals surface area contributed by atoms with E-state index in [-0.39, 0.29) is 24.4 Å². The second-order valence-electron chi connectivity index (χ2n) is 13.3. The van der Waals surface area contributed by atoms with Crippen LogP contribution < -0.4 is 0 Å². The second kappa shape index (κ2) is 36.7. The molecule has 4 nitrogen and oxygen atoms in total. The van der Waals surface area contributed by atoms with Crippen LogP contribution in [0.2, 0.25) is 0 Å². The fourth-order valence-corrected chi connectivity index (χ4v) is 6.05. The molecule has 0 aromatic carbocycles. The van der Waals surface area contributed by atoms with Crippen LogP contribution >= 0.6 is 11.6 Å². The fraction of sp³-hybridized carbons (Fsp3) is 0.949. The lowest BCUT2D eigenvalue weighted by molar-refractivity contribution is -0.157. The Balaban J connectivity index is 3.49. The molecule has 0 saturated heterocycles. The Bertz CT molecular complexity index is 597. The number of rotatable bonds is 36. The van der Waals surface area contributed by atoms with E-state index < -0.39 is 6.10 Å². The minimum atomic E-state index is -0.550. The molecule has 0 aliphatic carbocycles. The topological polar surface area (TPSA) is 52.6 Å². The van der Waals surface area contributed by atoms with E-state index in [4.69, 9.17) is 21.1 Å². The van der Waals surface area contributed by atoms with E-state index in [1.807, 2.05) is 0 Å². The van der Waals surface area contributed by atoms with Crippen LogP contribution in [0.3, 0.4) is 0 Å². The number of unbranched alkanes of at least 4 members (excludes halogenated alkanes) is 28. The van der Waals surface area contributed by atoms with Crippen molar-refractivity contribution >= 4 is 23.5 Å². The van der Waals surface area contributed by atoms with Gasteiger partial charge in [-0.3, -0.25) is 9.59 Å². The van der Waals surface area contributed by atoms with Gasteiger partial charge < -0.3 is 9.47 Å². The van der Waals surface area contributed by atoms with E-state index in [0.717, 1.165) is 25.7 Å². The smallest absolute Gasteiger partial charge is 0.306 e. The summed E-state index contributed by atoms with van der Waals surface area (Å²) < 4.78 is 10.8. The molecule has 0 heterocycles. The molecular formula is C39H75ClO4. The molecule has 0 bridgehead atoms. The van der Waals surface area contributed by atoms with Gasteiger partial charge in [-0.05, 0) is 12.8 Å². The number of hydrogen-bond acceptors (Lipinski definition) is 4. The van der Waals surface area contributed by atoms with E-state index in [2.05, 4.69) is 13.8 Å². The Morgan fingerprint density at radius 2 is 0.705 bits per heavy atom. The van der Waals surface area contributed by atoms with Crippen LogP contribution in [-0.4, -0.2) is 30.5 Å². The van der Waals surface area contributed by atoms with Crippen molar-refractivity contribution in [2.24, 2.45) is 0 Å². The zero-order valence-electron chi connectivity index (χ0n) is 29.6. The maximum absolute atomic E-state index is 12.2. The molecule has 0 aromatic heterocycles. The first kappa shape index (κ1) is 43.2. The molecule has 0 saturated carbocycles. The number of hydrogen-bond donors (Lipinski definition) is 0. The lowest BCUT2D eigenvalue weighted by Crippen LogP contribution is -2.26. The largest absolute Gasteiger partial charge is 0.462 e. The number of alkyl halides is 1. The van der Waals surface area contributed by atoms with Crippen LogP contribution in [0, 0.1) is 0 Å². The summed E-state index contributed by atoms with van der Waals surface area (Å²) in [7, 11) is 0. The normalized spacial score (nSPS) is 12.0. The van der Waals surface area contributed by atoms with Crippen molar-refractivity contribution in [2.45, 2.75) is 225 Å². The van der Waals surface area contributed by atoms with Crippen LogP contribution in [0.5, 0.6) is 0 Å². The Labute approximate surface area is 279 Å². The summed E-state index contributed by atoms with van der Waals surface area (Å²) in [5, 5.41) is 0. The molecule has 5 heteroatoms. The van der Waals surface area contributed by atoms with E-state index >= 15 is 0 Å². The zero-order valence-corrected chi connectivity index (χ0v) is 30.4. The van der Waals surface area contributed by atoms with Gasteiger partial charge >= 0.3 is 11.9 Å². The number of carbonyl (C=O) groups excluding carboxylic acids is 2. The lowest BCUT2D eigenvalue weighted by atomic mass is 10.0. The van der Waals surface area contributed by atoms with Crippen molar-refractivity contribution in [2.75, 3.05) is 12.5 Å². The maximum atomic E-state index is 12.2. The van der Waals surface area contributed by atoms with Crippen molar-refractivity contribution in [3.8, 4) is 0 Å². The van der Waals surface area contributed by atoms with E-state index in [0.29, 0.717) is 12.8 Å². The Hall–Kier alpha value is -0.770. The van der Waals surface area contributed by atoms with Gasteiger partial charge in [0.25, 0.3) is 0 Å². The van der Waals surface area contributed by atoms with Crippen LogP contribution in [0.4, 0.5) is 0 Å². The molecule has 0 spiro atoms. The van der Waals surface area contributed by atoms with E-state index in [9.17, 15) is 9.59 Å². The third-order valence-electron chi connectivity index (χ3n) is 8.87. The molecule has 0 fully saturated rings. The fourth-order valence-electron chi connectivity index (χ4n) is 5.89. The van der Waals surface area contributed by atoms with Crippen molar-refractivity contribution < 1.29 is 19.1 Å². The van der Waals surface area contributed by atoms with Crippen LogP contribution in [0.15, 0.2) is 0 Å². The highest BCUT2D eigenvalue weighted by molar-refractivity contribution is 6.18. The van der Waals surface area contributed by atoms with Crippen molar-refractivity contribution in [1.82, 2.24) is 0 Å². The van der Waals surface area contributed by atoms with E-state index in [1.165, 1.54) is 167 Å². The molecule has 0 radical (unpaired) electrons. The first-order chi connectivity index (χ1) is 21.6. The molecule has 0 aliphatic heterocycles. The van der Waals surface area contributed by atoms with Gasteiger partial charge in [0.05, 0.1) is 5.88 Å². The number of carbonyl (C=O) groups is 2. The van der Waals surface area contributed by atoms with Crippen molar-refractivity contribution in [3.63, 3.8) is 0 Å². The van der Waals surface area contributed by atoms with Gasteiger partial charge in [-0.1, -0.05) is 194 Å². The Kier molecular flexibility index (Phi) is 36.1. The van der Waals surface area contributed by atoms with Crippen molar-refractivity contribution in [3.05, 3.63) is 0 Å². The summed E-state index contributed by atoms with van der Waals surface area (Å²) in [5.41, 5.74) is 0. The molecule has 262 valence electrons. The standard InChI is InChI=1S/C39H75ClO4/c1-3-5-7-9-11-13-15-17-19-21-23-25-27-29-31-33-38(41)43-36-37(35-40)44-39(42)34-32-30-28-26-24-22-20-18-16-14-12-10-8-6-4-2/h37H,3-36H2,1-2H3/t37-/m0/s1. The molecule has 44 heavy (non-hydrogen) atoms. The predicted octanol–water partition coefficient (Wildman–Crippen LogP) is 13.2. The summed E-state index contributed by atoms with van der Waals surface area (Å²) in [6.07, 6.45) is 39.4. The molecular weight excluding hydrogens is 568 g/mol. The van der Waals surface area contributed by atoms with Gasteiger partial charge in [0.1, 0.15) is 12.7 Å². The molecule has 0 unspecified atom stereocenters. The lowest BCUT2D eigenvalue weighted by Gasteiger charge is -2.15. The minimum Gasteiger partial charge on any atom is -0.462 e. The van der Waals surface area contributed by atoms with E-state index in [1.54, 1.807) is 0 Å². The van der Waals surface area contributed by atoms with Gasteiger partial charge in [-0.15, -0.1) is 11.6 Å². The summed E-state index contributed by atoms with van der Waals surface area (Å²) in [4.78, 5) is 24.3. The van der Waals surface area contributed by atoms with Crippen molar-refractivity contribution in [1.29, 1.82) is 0 Å². The average molecular weight is 643 g/mol. The quantitative estimate of drug-likeness (QED) is 0.0387. The SMILES string of the molecule is CCCCCCCCCCCCCCCCCC(=O)OC[C@H](CCl)OC(=O)CCCCCCCCCCCCCCCCC. The Morgan fingerprint density at radius 1 is 0.432 bits per heavy atom. The first-order valence-electron chi connectivity index (χ1n) is 19.5. The van der Waals surface area contributed by atoms with Gasteiger partial charge in [-0.25, -0.2) is 0 Å². The second-order valence-corrected chi connectivity index (χ2v) is 13.7. The predicted molar refractivity (Wildman–Crippen MR) is 191 cm³/mol. The molecule has 0 aliphatic rings. The molecule has 0 amide bonds. The number of halogens is 1. The molecule has 0 rings (SSSR count). The Morgan fingerprint density at radius 3 is 1.00 bits per heavy atom. The van der Waals surface area contributed by atoms with Crippen LogP contribution in [0.1, 0.15) is 219 Å². The van der Waals surface area contributed by atoms with Gasteiger partial charge in [0.15, 0.2) is 0 Å². The summed E-state index contributed by atoms with van der Waals surface area (Å²) in [5.74, 6) is -0.298. The minimum absolute atomic E-state index is 0.0612. The van der Waals surface area contributed by atoms with Crippen LogP contribution in [-0.2, 0) is 19.1 Å². The average Bonchev–Trinajstić information content (AvgIpc) is 3.02. The van der Waals surface area contributed by atoms with Gasteiger partial charge in [0.2, 0.25) is 0 Å². The van der Waals surface area contributed by atoms with Gasteiger partial charge in [0, 0.05) is 12.8 Å². The maximum Gasteiger partial charge on any atom is 0.306 e. The number of ether oxygens (including phenoxy) is 2. The highest BCUT2D eigenvalue weighted by Crippen LogP contribution is 2.16. The third kappa shape index (κ3) is 34.1. The first-order valence-corrected chi connectivity index (χ1v) is 20.1. The third-order valence-corrected chi connectivity index (χ3v) is 9.21. The zero-order chi connectivity index (χ0) is 32.2. The van der Waals surface area contributed by atoms with Crippen LogP contribution in [0.25, 0.3) is 0 Å². The summed E-state index contributed by atoms with van der Waals surface area (Å²) in [6, 6.07) is 0. The summed E-state index contributed by atoms with van der Waals surface area (Å²) >= 11 is 5.97. The highest BCUT2D eigenvalue weighted by Gasteiger charge is 2.16. The summed E-state index contributed by atoms with van der Waals surface area (Å²) in [6.45, 7) is 4.61. The number of esters is 2.